The van der Waals surface area contributed by atoms with Crippen LogP contribution in [-0.4, -0.2) is 16.2 Å². The molecule has 2 aromatic heterocycles. The molecule has 336 valence electrons. The minimum atomic E-state index is -1.21. The second-order valence-corrected chi connectivity index (χ2v) is 18.9. The van der Waals surface area contributed by atoms with Crippen molar-refractivity contribution in [3.8, 4) is 39.6 Å². The summed E-state index contributed by atoms with van der Waals surface area (Å²) in [7, 11) is 0. The van der Waals surface area contributed by atoms with E-state index in [9.17, 15) is 8.78 Å². The smallest absolute Gasteiger partial charge is 0.137 e. The molecule has 0 amide bonds. The molecule has 9 aromatic rings. The SMILES string of the molecule is CC(C)(C)c1ccnc(-n2c3ccccc3c3ccc(Oc4cccc(N5CN(c6c(-c7c(F)cc(F)cc7F)cc(C(C)(C)C)cc6-c6c(F)cc(F)cc6F)c6ccccc65)c4)cc32)c1. The molecule has 10 rings (SSSR count). The molecular formula is C56H44F6N4O. The molecule has 7 aromatic carbocycles. The zero-order valence-corrected chi connectivity index (χ0v) is 37.5. The number of para-hydroxylation sites is 3. The monoisotopic (exact) mass is 902 g/mol. The van der Waals surface area contributed by atoms with Gasteiger partial charge in [-0.2, -0.15) is 0 Å². The van der Waals surface area contributed by atoms with E-state index in [1.165, 1.54) is 0 Å². The van der Waals surface area contributed by atoms with Crippen LogP contribution in [0.1, 0.15) is 52.7 Å². The summed E-state index contributed by atoms with van der Waals surface area (Å²) in [4.78, 5) is 8.45. The molecule has 0 aliphatic carbocycles. The number of fused-ring (bicyclic) bond motifs is 4. The van der Waals surface area contributed by atoms with Crippen LogP contribution in [0.5, 0.6) is 11.5 Å². The Bertz CT molecular complexity index is 3320. The van der Waals surface area contributed by atoms with Gasteiger partial charge in [0, 0.05) is 70.2 Å². The third kappa shape index (κ3) is 7.71. The number of ether oxygens (including phenoxy) is 1. The minimum Gasteiger partial charge on any atom is -0.457 e. The van der Waals surface area contributed by atoms with Crippen molar-refractivity contribution in [3.63, 3.8) is 0 Å². The Balaban J connectivity index is 1.10. The lowest BCUT2D eigenvalue weighted by molar-refractivity contribution is 0.483. The van der Waals surface area contributed by atoms with E-state index in [1.807, 2.05) is 105 Å². The molecule has 0 spiro atoms. The van der Waals surface area contributed by atoms with E-state index in [-0.39, 0.29) is 28.9 Å². The average Bonchev–Trinajstić information content (AvgIpc) is 3.81. The highest BCUT2D eigenvalue weighted by atomic mass is 19.2. The molecule has 5 nitrogen and oxygen atoms in total. The maximum Gasteiger partial charge on any atom is 0.137 e. The van der Waals surface area contributed by atoms with Gasteiger partial charge in [-0.1, -0.05) is 77.9 Å². The summed E-state index contributed by atoms with van der Waals surface area (Å²) in [5.74, 6) is -5.24. The first-order valence-electron chi connectivity index (χ1n) is 21.8. The fourth-order valence-electron chi connectivity index (χ4n) is 9.08. The predicted molar refractivity (Wildman–Crippen MR) is 255 cm³/mol. The number of pyridine rings is 1. The van der Waals surface area contributed by atoms with Crippen LogP contribution < -0.4 is 14.5 Å². The molecule has 11 heteroatoms. The van der Waals surface area contributed by atoms with Gasteiger partial charge in [0.25, 0.3) is 0 Å². The fraction of sp³-hybridized carbons (Fsp3) is 0.161. The van der Waals surface area contributed by atoms with Crippen molar-refractivity contribution in [2.24, 2.45) is 0 Å². The van der Waals surface area contributed by atoms with Crippen LogP contribution in [0.2, 0.25) is 0 Å². The first-order chi connectivity index (χ1) is 31.9. The summed E-state index contributed by atoms with van der Waals surface area (Å²) in [5, 5.41) is 2.10. The van der Waals surface area contributed by atoms with Crippen LogP contribution in [0.3, 0.4) is 0 Å². The molecule has 0 N–H and O–H groups in total. The third-order valence-corrected chi connectivity index (χ3v) is 12.4. The summed E-state index contributed by atoms with van der Waals surface area (Å²) < 4.78 is 102. The Morgan fingerprint density at radius 1 is 0.493 bits per heavy atom. The van der Waals surface area contributed by atoms with Gasteiger partial charge in [0.1, 0.15) is 58.9 Å². The van der Waals surface area contributed by atoms with Crippen molar-refractivity contribution >= 4 is 44.6 Å². The van der Waals surface area contributed by atoms with Crippen molar-refractivity contribution < 1.29 is 31.1 Å². The number of benzene rings is 7. The van der Waals surface area contributed by atoms with E-state index in [0.717, 1.165) is 33.2 Å². The summed E-state index contributed by atoms with van der Waals surface area (Å²) in [5.41, 5.74) is 3.25. The van der Waals surface area contributed by atoms with Gasteiger partial charge in [-0.15, -0.1) is 0 Å². The molecule has 67 heavy (non-hydrogen) atoms. The number of halogens is 6. The zero-order chi connectivity index (χ0) is 47.1. The molecule has 3 heterocycles. The van der Waals surface area contributed by atoms with Gasteiger partial charge in [-0.05, 0) is 88.7 Å². The summed E-state index contributed by atoms with van der Waals surface area (Å²) in [6, 6.07) is 38.4. The maximum atomic E-state index is 16.1. The molecule has 0 unspecified atom stereocenters. The van der Waals surface area contributed by atoms with Crippen LogP contribution in [0, 0.1) is 34.9 Å². The Hall–Kier alpha value is -7.53. The highest BCUT2D eigenvalue weighted by Crippen LogP contribution is 2.53. The zero-order valence-electron chi connectivity index (χ0n) is 37.5. The molecule has 1 aliphatic rings. The third-order valence-electron chi connectivity index (χ3n) is 12.4. The molecule has 0 saturated carbocycles. The number of anilines is 4. The summed E-state index contributed by atoms with van der Waals surface area (Å²) >= 11 is 0. The number of rotatable bonds is 7. The summed E-state index contributed by atoms with van der Waals surface area (Å²) in [6.07, 6.45) is 1.83. The van der Waals surface area contributed by atoms with Crippen molar-refractivity contribution in [1.29, 1.82) is 0 Å². The van der Waals surface area contributed by atoms with E-state index >= 15 is 17.6 Å². The van der Waals surface area contributed by atoms with Gasteiger partial charge >= 0.3 is 0 Å². The van der Waals surface area contributed by atoms with Crippen LogP contribution in [0.4, 0.5) is 49.1 Å². The molecule has 0 atom stereocenters. The Morgan fingerprint density at radius 3 is 1.66 bits per heavy atom. The minimum absolute atomic E-state index is 0.0147. The van der Waals surface area contributed by atoms with Crippen LogP contribution >= 0.6 is 0 Å². The van der Waals surface area contributed by atoms with Crippen molar-refractivity contribution in [2.75, 3.05) is 16.5 Å². The molecule has 0 radical (unpaired) electrons. The largest absolute Gasteiger partial charge is 0.457 e. The number of aromatic nitrogens is 2. The molecule has 1 aliphatic heterocycles. The lowest BCUT2D eigenvalue weighted by Crippen LogP contribution is -2.25. The van der Waals surface area contributed by atoms with E-state index in [1.54, 1.807) is 29.2 Å². The molecule has 0 saturated heterocycles. The van der Waals surface area contributed by atoms with Gasteiger partial charge in [-0.3, -0.25) is 4.57 Å². The molecular weight excluding hydrogens is 859 g/mol. The molecule has 0 bridgehead atoms. The second-order valence-electron chi connectivity index (χ2n) is 18.9. The summed E-state index contributed by atoms with van der Waals surface area (Å²) in [6.45, 7) is 12.0. The fourth-order valence-corrected chi connectivity index (χ4v) is 9.08. The van der Waals surface area contributed by atoms with Gasteiger partial charge in [0.15, 0.2) is 0 Å². The normalized spacial score (nSPS) is 13.0. The lowest BCUT2D eigenvalue weighted by atomic mass is 9.81. The van der Waals surface area contributed by atoms with E-state index in [4.69, 9.17) is 9.72 Å². The average molecular weight is 903 g/mol. The first-order valence-corrected chi connectivity index (χ1v) is 21.8. The Labute approximate surface area is 384 Å². The number of nitrogens with zero attached hydrogens (tertiary/aromatic N) is 4. The Kier molecular flexibility index (Phi) is 10.4. The van der Waals surface area contributed by atoms with Crippen LogP contribution in [-0.2, 0) is 10.8 Å². The van der Waals surface area contributed by atoms with Crippen LogP contribution in [0.25, 0.3) is 49.9 Å². The van der Waals surface area contributed by atoms with E-state index in [0.29, 0.717) is 58.4 Å². The maximum absolute atomic E-state index is 16.1. The highest BCUT2D eigenvalue weighted by molar-refractivity contribution is 6.09. The van der Waals surface area contributed by atoms with E-state index in [2.05, 4.69) is 43.5 Å². The van der Waals surface area contributed by atoms with Gasteiger partial charge in [-0.25, -0.2) is 31.3 Å². The standard InChI is InChI=1S/C56H44F6N4O/c1-55(2,3)32-20-21-63-51(24-32)66-47-15-8-7-14-39(47)40-19-18-38(30-50(40)66)67-37-13-11-12-36(29-37)64-31-65(49-17-10-9-16-48(49)64)54-41(52-43(59)25-34(57)26-44(52)60)22-33(56(4,5)6)23-42(54)53-45(61)27-35(58)28-46(53)62/h7-30H,31H2,1-6H3. The van der Waals surface area contributed by atoms with Gasteiger partial charge < -0.3 is 14.5 Å². The van der Waals surface area contributed by atoms with Crippen LogP contribution in [0.15, 0.2) is 146 Å². The number of hydrogen-bond donors (Lipinski definition) is 0. The van der Waals surface area contributed by atoms with Crippen molar-refractivity contribution in [1.82, 2.24) is 9.55 Å². The second kappa shape index (κ2) is 16.1. The Morgan fingerprint density at radius 2 is 1.04 bits per heavy atom. The predicted octanol–water partition coefficient (Wildman–Crippen LogP) is 16.0. The van der Waals surface area contributed by atoms with Gasteiger partial charge in [0.05, 0.1) is 39.2 Å². The topological polar surface area (TPSA) is 33.5 Å². The molecule has 0 fully saturated rings. The highest BCUT2D eigenvalue weighted by Gasteiger charge is 2.35. The van der Waals surface area contributed by atoms with Crippen molar-refractivity contribution in [2.45, 2.75) is 52.4 Å². The quantitative estimate of drug-likeness (QED) is 0.149. The van der Waals surface area contributed by atoms with Gasteiger partial charge in [0.2, 0.25) is 0 Å². The van der Waals surface area contributed by atoms with E-state index < -0.39 is 51.4 Å². The van der Waals surface area contributed by atoms with Crippen molar-refractivity contribution in [3.05, 3.63) is 192 Å². The lowest BCUT2D eigenvalue weighted by Gasteiger charge is -2.30. The first kappa shape index (κ1) is 43.4. The number of hydrogen-bond acceptors (Lipinski definition) is 4.